The number of rotatable bonds is 2. The summed E-state index contributed by atoms with van der Waals surface area (Å²) in [5, 5.41) is 0. The van der Waals surface area contributed by atoms with Crippen LogP contribution in [0.4, 0.5) is 4.39 Å². The van der Waals surface area contributed by atoms with Gasteiger partial charge < -0.3 is 4.74 Å². The number of carbonyl (C=O) groups excluding carboxylic acids is 1. The minimum atomic E-state index is -0.632. The maximum Gasteiger partial charge on any atom is 0.341 e. The summed E-state index contributed by atoms with van der Waals surface area (Å²) in [6.45, 7) is 1.92. The van der Waals surface area contributed by atoms with Crippen molar-refractivity contribution in [2.24, 2.45) is 0 Å². The summed E-state index contributed by atoms with van der Waals surface area (Å²) >= 11 is 3.09. The lowest BCUT2D eigenvalue weighted by Gasteiger charge is -2.02. The number of esters is 1. The first-order valence-electron chi connectivity index (χ1n) is 3.77. The predicted molar refractivity (Wildman–Crippen MR) is 57.3 cm³/mol. The molecule has 0 aliphatic rings. The van der Waals surface area contributed by atoms with Gasteiger partial charge in [0.2, 0.25) is 0 Å². The SMILES string of the molecule is CCOC(=O)c1ccc(Br)cc1F.Cl. The molecule has 1 aromatic rings. The molecule has 0 fully saturated rings. The van der Waals surface area contributed by atoms with Crippen LogP contribution in [0, 0.1) is 5.82 Å². The van der Waals surface area contributed by atoms with Crippen LogP contribution in [0.3, 0.4) is 0 Å². The molecule has 0 aromatic heterocycles. The van der Waals surface area contributed by atoms with E-state index in [0.29, 0.717) is 4.47 Å². The summed E-state index contributed by atoms with van der Waals surface area (Å²) in [6, 6.07) is 4.21. The summed E-state index contributed by atoms with van der Waals surface area (Å²) in [4.78, 5) is 11.1. The lowest BCUT2D eigenvalue weighted by molar-refractivity contribution is 0.0521. The highest BCUT2D eigenvalue weighted by molar-refractivity contribution is 9.10. The number of ether oxygens (including phenoxy) is 1. The van der Waals surface area contributed by atoms with E-state index >= 15 is 0 Å². The highest BCUT2D eigenvalue weighted by Crippen LogP contribution is 2.15. The molecule has 0 radical (unpaired) electrons. The summed E-state index contributed by atoms with van der Waals surface area (Å²) in [7, 11) is 0. The van der Waals surface area contributed by atoms with Crippen LogP contribution in [-0.4, -0.2) is 12.6 Å². The van der Waals surface area contributed by atoms with Crippen LogP contribution in [0.25, 0.3) is 0 Å². The van der Waals surface area contributed by atoms with E-state index in [1.807, 2.05) is 0 Å². The monoisotopic (exact) mass is 282 g/mol. The molecule has 5 heteroatoms. The average molecular weight is 284 g/mol. The zero-order valence-electron chi connectivity index (χ0n) is 7.42. The number of halogens is 3. The third-order valence-corrected chi connectivity index (χ3v) is 1.92. The standard InChI is InChI=1S/C9H8BrFO2.ClH/c1-2-13-9(12)7-4-3-6(10)5-8(7)11;/h3-5H,2H2,1H3;1H. The first-order chi connectivity index (χ1) is 6.15. The molecule has 0 aliphatic heterocycles. The Morgan fingerprint density at radius 3 is 2.71 bits per heavy atom. The molecule has 0 bridgehead atoms. The highest BCUT2D eigenvalue weighted by Gasteiger charge is 2.11. The summed E-state index contributed by atoms with van der Waals surface area (Å²) in [5.41, 5.74) is -0.0370. The number of carbonyl (C=O) groups is 1. The van der Waals surface area contributed by atoms with E-state index in [0.717, 1.165) is 0 Å². The Morgan fingerprint density at radius 1 is 1.57 bits per heavy atom. The lowest BCUT2D eigenvalue weighted by Crippen LogP contribution is -2.06. The van der Waals surface area contributed by atoms with Gasteiger partial charge in [-0.3, -0.25) is 0 Å². The van der Waals surface area contributed by atoms with Gasteiger partial charge in [-0.15, -0.1) is 12.4 Å². The van der Waals surface area contributed by atoms with Crippen molar-refractivity contribution >= 4 is 34.3 Å². The molecule has 0 atom stereocenters. The minimum Gasteiger partial charge on any atom is -0.462 e. The molecule has 2 nitrogen and oxygen atoms in total. The van der Waals surface area contributed by atoms with E-state index in [2.05, 4.69) is 20.7 Å². The number of benzene rings is 1. The van der Waals surface area contributed by atoms with E-state index in [9.17, 15) is 9.18 Å². The molecule has 0 saturated heterocycles. The second kappa shape index (κ2) is 5.98. The fourth-order valence-electron chi connectivity index (χ4n) is 0.864. The van der Waals surface area contributed by atoms with Gasteiger partial charge in [-0.25, -0.2) is 9.18 Å². The smallest absolute Gasteiger partial charge is 0.341 e. The van der Waals surface area contributed by atoms with Gasteiger partial charge in [0.05, 0.1) is 12.2 Å². The van der Waals surface area contributed by atoms with Crippen LogP contribution in [0.1, 0.15) is 17.3 Å². The minimum absolute atomic E-state index is 0. The number of hydrogen-bond acceptors (Lipinski definition) is 2. The van der Waals surface area contributed by atoms with Crippen molar-refractivity contribution in [1.29, 1.82) is 0 Å². The molecule has 0 saturated carbocycles. The van der Waals surface area contributed by atoms with E-state index in [1.165, 1.54) is 12.1 Å². The van der Waals surface area contributed by atoms with Crippen LogP contribution >= 0.6 is 28.3 Å². The first kappa shape index (κ1) is 13.4. The van der Waals surface area contributed by atoms with Crippen LogP contribution < -0.4 is 0 Å². The molecule has 1 rings (SSSR count). The zero-order chi connectivity index (χ0) is 9.84. The van der Waals surface area contributed by atoms with Crippen molar-refractivity contribution in [1.82, 2.24) is 0 Å². The molecule has 14 heavy (non-hydrogen) atoms. The van der Waals surface area contributed by atoms with E-state index < -0.39 is 11.8 Å². The molecule has 0 unspecified atom stereocenters. The van der Waals surface area contributed by atoms with Crippen molar-refractivity contribution < 1.29 is 13.9 Å². The molecular weight excluding hydrogens is 274 g/mol. The first-order valence-corrected chi connectivity index (χ1v) is 4.56. The van der Waals surface area contributed by atoms with Gasteiger partial charge in [-0.05, 0) is 25.1 Å². The Labute approximate surface area is 96.0 Å². The molecule has 0 heterocycles. The summed E-state index contributed by atoms with van der Waals surface area (Å²) in [6.07, 6.45) is 0. The van der Waals surface area contributed by atoms with Gasteiger partial charge in [0.15, 0.2) is 0 Å². The summed E-state index contributed by atoms with van der Waals surface area (Å²) in [5.74, 6) is -1.21. The molecule has 0 N–H and O–H groups in total. The van der Waals surface area contributed by atoms with Crippen molar-refractivity contribution in [3.05, 3.63) is 34.1 Å². The molecule has 0 aliphatic carbocycles. The predicted octanol–water partition coefficient (Wildman–Crippen LogP) is 3.19. The zero-order valence-corrected chi connectivity index (χ0v) is 9.82. The topological polar surface area (TPSA) is 26.3 Å². The maximum atomic E-state index is 13.1. The Balaban J connectivity index is 0.00000169. The Morgan fingerprint density at radius 2 is 2.21 bits per heavy atom. The molecular formula is C9H9BrClFO2. The molecule has 0 amide bonds. The lowest BCUT2D eigenvalue weighted by atomic mass is 10.2. The molecule has 78 valence electrons. The van der Waals surface area contributed by atoms with Crippen LogP contribution in [0.15, 0.2) is 22.7 Å². The van der Waals surface area contributed by atoms with Crippen molar-refractivity contribution in [3.63, 3.8) is 0 Å². The van der Waals surface area contributed by atoms with Crippen molar-refractivity contribution in [2.75, 3.05) is 6.61 Å². The van der Waals surface area contributed by atoms with Crippen LogP contribution in [0.5, 0.6) is 0 Å². The third-order valence-electron chi connectivity index (χ3n) is 1.43. The average Bonchev–Trinajstić information content (AvgIpc) is 2.04. The number of hydrogen-bond donors (Lipinski definition) is 0. The van der Waals surface area contributed by atoms with E-state index in [4.69, 9.17) is 0 Å². The van der Waals surface area contributed by atoms with Gasteiger partial charge >= 0.3 is 5.97 Å². The van der Waals surface area contributed by atoms with Crippen LogP contribution in [0.2, 0.25) is 0 Å². The second-order valence-corrected chi connectivity index (χ2v) is 3.26. The van der Waals surface area contributed by atoms with Gasteiger partial charge in [-0.2, -0.15) is 0 Å². The Hall–Kier alpha value is -0.610. The van der Waals surface area contributed by atoms with Gasteiger partial charge in [0.25, 0.3) is 0 Å². The quantitative estimate of drug-likeness (QED) is 0.779. The van der Waals surface area contributed by atoms with Gasteiger partial charge in [0, 0.05) is 4.47 Å². The molecule has 0 spiro atoms. The van der Waals surface area contributed by atoms with Crippen molar-refractivity contribution in [3.8, 4) is 0 Å². The fraction of sp³-hybridized carbons (Fsp3) is 0.222. The Bertz CT molecular complexity index is 331. The Kier molecular flexibility index (Phi) is 5.72. The maximum absolute atomic E-state index is 13.1. The second-order valence-electron chi connectivity index (χ2n) is 2.34. The summed E-state index contributed by atoms with van der Waals surface area (Å²) < 4.78 is 18.3. The van der Waals surface area contributed by atoms with Crippen molar-refractivity contribution in [2.45, 2.75) is 6.92 Å². The van der Waals surface area contributed by atoms with E-state index in [1.54, 1.807) is 13.0 Å². The highest BCUT2D eigenvalue weighted by atomic mass is 79.9. The normalized spacial score (nSPS) is 9.07. The van der Waals surface area contributed by atoms with Gasteiger partial charge in [0.1, 0.15) is 5.82 Å². The largest absolute Gasteiger partial charge is 0.462 e. The molecule has 1 aromatic carbocycles. The third kappa shape index (κ3) is 3.27. The van der Waals surface area contributed by atoms with Gasteiger partial charge in [-0.1, -0.05) is 15.9 Å². The fourth-order valence-corrected chi connectivity index (χ4v) is 1.20. The van der Waals surface area contributed by atoms with E-state index in [-0.39, 0.29) is 24.6 Å². The van der Waals surface area contributed by atoms with Crippen LogP contribution in [-0.2, 0) is 4.74 Å².